The molecule has 1 amide bonds. The van der Waals surface area contributed by atoms with Gasteiger partial charge in [-0.05, 0) is 25.3 Å². The molecule has 96 valence electrons. The molecule has 1 heterocycles. The van der Waals surface area contributed by atoms with Gasteiger partial charge in [0.2, 0.25) is 5.91 Å². The minimum atomic E-state index is 0.0527. The van der Waals surface area contributed by atoms with Crippen molar-refractivity contribution in [2.24, 2.45) is 11.7 Å². The molecule has 1 atom stereocenters. The van der Waals surface area contributed by atoms with Crippen LogP contribution in [0.4, 0.5) is 0 Å². The highest BCUT2D eigenvalue weighted by Crippen LogP contribution is 2.14. The fraction of sp³-hybridized carbons (Fsp3) is 0.667. The van der Waals surface area contributed by atoms with Crippen molar-refractivity contribution in [3.05, 3.63) is 18.0 Å². The van der Waals surface area contributed by atoms with E-state index in [9.17, 15) is 4.79 Å². The number of amides is 1. The van der Waals surface area contributed by atoms with E-state index >= 15 is 0 Å². The van der Waals surface area contributed by atoms with Crippen LogP contribution in [0.5, 0.6) is 0 Å². The number of hydrogen-bond acceptors (Lipinski definition) is 4. The summed E-state index contributed by atoms with van der Waals surface area (Å²) in [5.41, 5.74) is 5.51. The molecule has 1 unspecified atom stereocenters. The molecule has 0 aliphatic carbocycles. The molecule has 0 bridgehead atoms. The summed E-state index contributed by atoms with van der Waals surface area (Å²) in [6, 6.07) is 1.74. The summed E-state index contributed by atoms with van der Waals surface area (Å²) in [4.78, 5) is 11.6. The first-order valence-electron chi connectivity index (χ1n) is 6.12. The van der Waals surface area contributed by atoms with Gasteiger partial charge in [-0.25, -0.2) is 0 Å². The molecule has 1 aromatic rings. The highest BCUT2D eigenvalue weighted by molar-refractivity contribution is 5.75. The van der Waals surface area contributed by atoms with Crippen LogP contribution in [-0.4, -0.2) is 17.6 Å². The van der Waals surface area contributed by atoms with Crippen molar-refractivity contribution >= 4 is 5.91 Å². The van der Waals surface area contributed by atoms with E-state index < -0.39 is 0 Å². The minimum Gasteiger partial charge on any atom is -0.360 e. The van der Waals surface area contributed by atoms with E-state index in [1.807, 2.05) is 0 Å². The van der Waals surface area contributed by atoms with Gasteiger partial charge >= 0.3 is 0 Å². The van der Waals surface area contributed by atoms with E-state index in [4.69, 9.17) is 10.3 Å². The highest BCUT2D eigenvalue weighted by Gasteiger charge is 2.09. The molecule has 3 N–H and O–H groups in total. The summed E-state index contributed by atoms with van der Waals surface area (Å²) >= 11 is 0. The average Bonchev–Trinajstić information content (AvgIpc) is 2.85. The molecule has 1 rings (SSSR count). The van der Waals surface area contributed by atoms with Crippen molar-refractivity contribution in [1.29, 1.82) is 0 Å². The zero-order valence-corrected chi connectivity index (χ0v) is 10.3. The van der Waals surface area contributed by atoms with Gasteiger partial charge in [0, 0.05) is 12.5 Å². The normalized spacial score (nSPS) is 12.4. The lowest BCUT2D eigenvalue weighted by Crippen LogP contribution is -2.23. The van der Waals surface area contributed by atoms with Gasteiger partial charge < -0.3 is 15.6 Å². The molecule has 0 fully saturated rings. The van der Waals surface area contributed by atoms with Gasteiger partial charge in [0.15, 0.2) is 5.76 Å². The molecular weight excluding hydrogens is 218 g/mol. The largest absolute Gasteiger partial charge is 0.360 e. The molecule has 0 saturated heterocycles. The number of aromatic nitrogens is 1. The zero-order valence-electron chi connectivity index (χ0n) is 10.3. The van der Waals surface area contributed by atoms with Crippen LogP contribution in [0.3, 0.4) is 0 Å². The number of nitrogens with two attached hydrogens (primary N) is 1. The van der Waals surface area contributed by atoms with Crippen LogP contribution in [0, 0.1) is 5.92 Å². The summed E-state index contributed by atoms with van der Waals surface area (Å²) in [5, 5.41) is 6.37. The van der Waals surface area contributed by atoms with Crippen LogP contribution in [0.1, 0.15) is 38.4 Å². The number of hydrogen-bond donors (Lipinski definition) is 2. The Morgan fingerprint density at radius 2 is 2.41 bits per heavy atom. The van der Waals surface area contributed by atoms with Crippen molar-refractivity contribution < 1.29 is 9.32 Å². The highest BCUT2D eigenvalue weighted by atomic mass is 16.5. The van der Waals surface area contributed by atoms with E-state index in [0.29, 0.717) is 31.2 Å². The van der Waals surface area contributed by atoms with Gasteiger partial charge in [0.25, 0.3) is 0 Å². The van der Waals surface area contributed by atoms with Gasteiger partial charge in [-0.3, -0.25) is 4.79 Å². The molecule has 0 radical (unpaired) electrons. The zero-order chi connectivity index (χ0) is 12.5. The Kier molecular flexibility index (Phi) is 6.32. The first-order valence-corrected chi connectivity index (χ1v) is 6.12. The van der Waals surface area contributed by atoms with Gasteiger partial charge in [-0.2, -0.15) is 0 Å². The van der Waals surface area contributed by atoms with Crippen LogP contribution < -0.4 is 11.1 Å². The number of carbonyl (C=O) groups excluding carboxylic acids is 1. The van der Waals surface area contributed by atoms with Crippen LogP contribution in [0.2, 0.25) is 0 Å². The summed E-state index contributed by atoms with van der Waals surface area (Å²) in [7, 11) is 0. The van der Waals surface area contributed by atoms with Crippen LogP contribution in [0.25, 0.3) is 0 Å². The molecule has 0 aliphatic heterocycles. The molecule has 0 saturated carbocycles. The second-order valence-electron chi connectivity index (χ2n) is 4.15. The van der Waals surface area contributed by atoms with Crippen molar-refractivity contribution in [2.45, 2.75) is 39.2 Å². The molecule has 5 heteroatoms. The fourth-order valence-corrected chi connectivity index (χ4v) is 1.73. The van der Waals surface area contributed by atoms with E-state index in [-0.39, 0.29) is 5.91 Å². The van der Waals surface area contributed by atoms with Crippen molar-refractivity contribution in [2.75, 3.05) is 6.54 Å². The molecule has 17 heavy (non-hydrogen) atoms. The second-order valence-corrected chi connectivity index (χ2v) is 4.15. The second kappa shape index (κ2) is 7.84. The Balaban J connectivity index is 2.16. The average molecular weight is 239 g/mol. The molecule has 0 aliphatic rings. The van der Waals surface area contributed by atoms with Crippen molar-refractivity contribution in [3.8, 4) is 0 Å². The van der Waals surface area contributed by atoms with Gasteiger partial charge in [0.1, 0.15) is 0 Å². The topological polar surface area (TPSA) is 81.2 Å². The van der Waals surface area contributed by atoms with E-state index in [1.165, 1.54) is 0 Å². The maximum Gasteiger partial charge on any atom is 0.220 e. The smallest absolute Gasteiger partial charge is 0.220 e. The maximum absolute atomic E-state index is 11.6. The molecule has 5 nitrogen and oxygen atoms in total. The summed E-state index contributed by atoms with van der Waals surface area (Å²) in [6.07, 6.45) is 5.08. The quantitative estimate of drug-likeness (QED) is 0.719. The summed E-state index contributed by atoms with van der Waals surface area (Å²) < 4.78 is 4.89. The molecular formula is C12H21N3O2. The Hall–Kier alpha value is -1.36. The number of rotatable bonds is 8. The predicted molar refractivity (Wildman–Crippen MR) is 65.0 cm³/mol. The van der Waals surface area contributed by atoms with Crippen molar-refractivity contribution in [1.82, 2.24) is 10.5 Å². The Labute approximate surface area is 102 Å². The summed E-state index contributed by atoms with van der Waals surface area (Å²) in [6.45, 7) is 3.23. The summed E-state index contributed by atoms with van der Waals surface area (Å²) in [5.74, 6) is 1.28. The predicted octanol–water partition coefficient (Wildman–Crippen LogP) is 1.45. The molecule has 0 aromatic carbocycles. The minimum absolute atomic E-state index is 0.0527. The Bertz CT molecular complexity index is 312. The third-order valence-corrected chi connectivity index (χ3v) is 2.88. The lowest BCUT2D eigenvalue weighted by atomic mass is 9.96. The van der Waals surface area contributed by atoms with Gasteiger partial charge in [-0.1, -0.05) is 18.5 Å². The van der Waals surface area contributed by atoms with E-state index in [0.717, 1.165) is 19.3 Å². The van der Waals surface area contributed by atoms with Crippen molar-refractivity contribution in [3.63, 3.8) is 0 Å². The van der Waals surface area contributed by atoms with E-state index in [1.54, 1.807) is 12.3 Å². The van der Waals surface area contributed by atoms with Gasteiger partial charge in [0.05, 0.1) is 12.7 Å². The van der Waals surface area contributed by atoms with Crippen LogP contribution >= 0.6 is 0 Å². The van der Waals surface area contributed by atoms with Gasteiger partial charge in [-0.15, -0.1) is 0 Å². The monoisotopic (exact) mass is 239 g/mol. The lowest BCUT2D eigenvalue weighted by Gasteiger charge is -2.12. The third kappa shape index (κ3) is 5.49. The first-order chi connectivity index (χ1) is 8.26. The van der Waals surface area contributed by atoms with E-state index in [2.05, 4.69) is 17.4 Å². The molecule has 1 aromatic heterocycles. The molecule has 0 spiro atoms. The number of nitrogens with one attached hydrogen (secondary N) is 1. The Morgan fingerprint density at radius 3 is 3.00 bits per heavy atom. The van der Waals surface area contributed by atoms with Crippen LogP contribution in [-0.2, 0) is 11.3 Å². The first kappa shape index (κ1) is 13.7. The maximum atomic E-state index is 11.6. The lowest BCUT2D eigenvalue weighted by molar-refractivity contribution is -0.121. The standard InChI is InChI=1S/C12H21N3O2/c1-2-10(5-7-13)3-4-12(16)14-9-11-6-8-15-17-11/h6,8,10H,2-5,7,9,13H2,1H3,(H,14,16). The number of nitrogens with zero attached hydrogens (tertiary/aromatic N) is 1. The third-order valence-electron chi connectivity index (χ3n) is 2.88. The van der Waals surface area contributed by atoms with Crippen LogP contribution in [0.15, 0.2) is 16.8 Å². The fourth-order valence-electron chi connectivity index (χ4n) is 1.73. The Morgan fingerprint density at radius 1 is 1.59 bits per heavy atom. The number of carbonyl (C=O) groups is 1. The SMILES string of the molecule is CCC(CCN)CCC(=O)NCc1ccno1.